The van der Waals surface area contributed by atoms with Crippen molar-refractivity contribution in [3.05, 3.63) is 42.5 Å². The van der Waals surface area contributed by atoms with Gasteiger partial charge in [0, 0.05) is 24.4 Å². The molecule has 9 heteroatoms. The standard InChI is InChI=1S/C6H9N3O2.C6H6N2O2/c7-5(6(10)11)1-4-2-8-3-9-4;9-6(10)2-1-5-3-7-4-8-5/h2-3,5H,1,7H2,(H,8,9)(H,10,11);1-4H,(H,7,8)(H,9,10)/t5-;/m0./s1. The number of aliphatic carboxylic acids is 2. The molecular weight excluding hydrogens is 278 g/mol. The van der Waals surface area contributed by atoms with Gasteiger partial charge in [-0.1, -0.05) is 0 Å². The van der Waals surface area contributed by atoms with Crippen molar-refractivity contribution in [1.82, 2.24) is 19.9 Å². The molecule has 2 aromatic heterocycles. The van der Waals surface area contributed by atoms with Crippen LogP contribution in [0.2, 0.25) is 0 Å². The van der Waals surface area contributed by atoms with Crippen LogP contribution in [0.3, 0.4) is 0 Å². The molecule has 1 atom stereocenters. The van der Waals surface area contributed by atoms with Gasteiger partial charge in [0.15, 0.2) is 0 Å². The highest BCUT2D eigenvalue weighted by Gasteiger charge is 2.11. The third-order valence-corrected chi connectivity index (χ3v) is 2.24. The number of nitrogens with one attached hydrogen (secondary N) is 2. The molecule has 0 unspecified atom stereocenters. The number of H-pyrrole nitrogens is 2. The summed E-state index contributed by atoms with van der Waals surface area (Å²) in [5.41, 5.74) is 6.68. The number of nitrogens with zero attached hydrogens (tertiary/aromatic N) is 2. The lowest BCUT2D eigenvalue weighted by Crippen LogP contribution is -2.32. The zero-order valence-corrected chi connectivity index (χ0v) is 10.9. The summed E-state index contributed by atoms with van der Waals surface area (Å²) in [6.07, 6.45) is 8.85. The first-order chi connectivity index (χ1) is 9.99. The maximum absolute atomic E-state index is 10.3. The number of imidazole rings is 2. The third kappa shape index (κ3) is 6.68. The lowest BCUT2D eigenvalue weighted by molar-refractivity contribution is -0.138. The fourth-order valence-electron chi connectivity index (χ4n) is 1.24. The molecule has 0 spiro atoms. The van der Waals surface area contributed by atoms with Crippen molar-refractivity contribution in [3.8, 4) is 0 Å². The smallest absolute Gasteiger partial charge is 0.328 e. The number of carboxylic acids is 2. The summed E-state index contributed by atoms with van der Waals surface area (Å²) in [4.78, 5) is 33.2. The van der Waals surface area contributed by atoms with Crippen LogP contribution in [-0.2, 0) is 16.0 Å². The highest BCUT2D eigenvalue weighted by Crippen LogP contribution is 1.95. The van der Waals surface area contributed by atoms with Crippen molar-refractivity contribution in [2.24, 2.45) is 5.73 Å². The summed E-state index contributed by atoms with van der Waals surface area (Å²) in [7, 11) is 0. The number of hydrogen-bond acceptors (Lipinski definition) is 5. The van der Waals surface area contributed by atoms with Gasteiger partial charge < -0.3 is 25.9 Å². The monoisotopic (exact) mass is 293 g/mol. The molecule has 2 aromatic rings. The maximum atomic E-state index is 10.3. The maximum Gasteiger partial charge on any atom is 0.328 e. The summed E-state index contributed by atoms with van der Waals surface area (Å²) < 4.78 is 0. The lowest BCUT2D eigenvalue weighted by atomic mass is 10.2. The number of hydrogen-bond donors (Lipinski definition) is 5. The second-order valence-electron chi connectivity index (χ2n) is 3.90. The highest BCUT2D eigenvalue weighted by atomic mass is 16.4. The normalized spacial score (nSPS) is 11.7. The molecule has 0 fully saturated rings. The van der Waals surface area contributed by atoms with Crippen LogP contribution in [0, 0.1) is 0 Å². The summed E-state index contributed by atoms with van der Waals surface area (Å²) >= 11 is 0. The van der Waals surface area contributed by atoms with E-state index in [2.05, 4.69) is 19.9 Å². The van der Waals surface area contributed by atoms with E-state index < -0.39 is 18.0 Å². The number of carbonyl (C=O) groups is 2. The van der Waals surface area contributed by atoms with E-state index in [1.165, 1.54) is 18.7 Å². The summed E-state index contributed by atoms with van der Waals surface area (Å²) in [6.45, 7) is 0. The Hall–Kier alpha value is -2.94. The molecule has 112 valence electrons. The first-order valence-corrected chi connectivity index (χ1v) is 5.84. The van der Waals surface area contributed by atoms with Crippen LogP contribution in [0.4, 0.5) is 0 Å². The van der Waals surface area contributed by atoms with Gasteiger partial charge in [-0.05, 0) is 6.08 Å². The van der Waals surface area contributed by atoms with Crippen molar-refractivity contribution in [2.75, 3.05) is 0 Å². The van der Waals surface area contributed by atoms with E-state index in [1.54, 1.807) is 12.4 Å². The molecule has 0 aromatic carbocycles. The Morgan fingerprint density at radius 2 is 1.90 bits per heavy atom. The van der Waals surface area contributed by atoms with Crippen LogP contribution >= 0.6 is 0 Å². The summed E-state index contributed by atoms with van der Waals surface area (Å²) in [5.74, 6) is -1.96. The SMILES string of the molecule is N[C@@H](Cc1cnc[nH]1)C(=O)O.O=C(O)C=Cc1cnc[nH]1. The molecule has 0 saturated heterocycles. The van der Waals surface area contributed by atoms with Gasteiger partial charge in [-0.3, -0.25) is 4.79 Å². The van der Waals surface area contributed by atoms with Gasteiger partial charge in [0.25, 0.3) is 0 Å². The second-order valence-corrected chi connectivity index (χ2v) is 3.90. The van der Waals surface area contributed by atoms with Crippen molar-refractivity contribution in [2.45, 2.75) is 12.5 Å². The van der Waals surface area contributed by atoms with Gasteiger partial charge in [0.2, 0.25) is 0 Å². The van der Waals surface area contributed by atoms with E-state index in [4.69, 9.17) is 15.9 Å². The first kappa shape index (κ1) is 16.1. The zero-order valence-electron chi connectivity index (χ0n) is 10.9. The molecule has 0 aliphatic carbocycles. The number of aromatic nitrogens is 4. The van der Waals surface area contributed by atoms with Gasteiger partial charge in [0.05, 0.1) is 24.5 Å². The topological polar surface area (TPSA) is 158 Å². The van der Waals surface area contributed by atoms with Crippen molar-refractivity contribution in [3.63, 3.8) is 0 Å². The van der Waals surface area contributed by atoms with E-state index in [0.29, 0.717) is 5.69 Å². The molecule has 21 heavy (non-hydrogen) atoms. The van der Waals surface area contributed by atoms with Gasteiger partial charge in [-0.15, -0.1) is 0 Å². The van der Waals surface area contributed by atoms with E-state index >= 15 is 0 Å². The molecule has 0 aliphatic rings. The van der Waals surface area contributed by atoms with Gasteiger partial charge >= 0.3 is 11.9 Å². The average Bonchev–Trinajstić information content (AvgIpc) is 3.10. The Balaban J connectivity index is 0.000000211. The first-order valence-electron chi connectivity index (χ1n) is 5.84. The Kier molecular flexibility index (Phi) is 6.35. The molecule has 9 nitrogen and oxygen atoms in total. The molecular formula is C12H15N5O4. The predicted molar refractivity (Wildman–Crippen MR) is 73.2 cm³/mol. The number of rotatable bonds is 5. The second kappa shape index (κ2) is 8.27. The Morgan fingerprint density at radius 1 is 1.24 bits per heavy atom. The fourth-order valence-corrected chi connectivity index (χ4v) is 1.24. The summed E-state index contributed by atoms with van der Waals surface area (Å²) in [5, 5.41) is 16.6. The van der Waals surface area contributed by atoms with E-state index in [9.17, 15) is 9.59 Å². The summed E-state index contributed by atoms with van der Waals surface area (Å²) in [6, 6.07) is -0.851. The molecule has 0 bridgehead atoms. The molecule has 0 amide bonds. The molecule has 0 aliphatic heterocycles. The number of nitrogens with two attached hydrogens (primary N) is 1. The molecule has 2 heterocycles. The van der Waals surface area contributed by atoms with Crippen molar-refractivity contribution >= 4 is 18.0 Å². The average molecular weight is 293 g/mol. The number of aromatic amines is 2. The van der Waals surface area contributed by atoms with Crippen LogP contribution in [0.1, 0.15) is 11.4 Å². The largest absolute Gasteiger partial charge is 0.480 e. The Bertz CT molecular complexity index is 577. The van der Waals surface area contributed by atoms with Crippen molar-refractivity contribution < 1.29 is 19.8 Å². The lowest BCUT2D eigenvalue weighted by Gasteiger charge is -2.02. The van der Waals surface area contributed by atoms with Crippen LogP contribution < -0.4 is 5.73 Å². The minimum atomic E-state index is -1.00. The molecule has 0 saturated carbocycles. The van der Waals surface area contributed by atoms with Crippen molar-refractivity contribution in [1.29, 1.82) is 0 Å². The van der Waals surface area contributed by atoms with Gasteiger partial charge in [-0.2, -0.15) is 0 Å². The van der Waals surface area contributed by atoms with E-state index in [0.717, 1.165) is 11.8 Å². The molecule has 6 N–H and O–H groups in total. The Morgan fingerprint density at radius 3 is 2.38 bits per heavy atom. The zero-order chi connectivity index (χ0) is 15.7. The van der Waals surface area contributed by atoms with Crippen LogP contribution in [0.15, 0.2) is 31.1 Å². The van der Waals surface area contributed by atoms with E-state index in [-0.39, 0.29) is 6.42 Å². The van der Waals surface area contributed by atoms with E-state index in [1.807, 2.05) is 0 Å². The predicted octanol–water partition coefficient (Wildman–Crippen LogP) is -0.128. The molecule has 2 rings (SSSR count). The third-order valence-electron chi connectivity index (χ3n) is 2.24. The van der Waals surface area contributed by atoms with Gasteiger partial charge in [-0.25, -0.2) is 14.8 Å². The number of carboxylic acid groups (broad SMARTS) is 2. The van der Waals surface area contributed by atoms with Gasteiger partial charge in [0.1, 0.15) is 6.04 Å². The van der Waals surface area contributed by atoms with Crippen LogP contribution in [0.25, 0.3) is 6.08 Å². The van der Waals surface area contributed by atoms with Crippen LogP contribution in [0.5, 0.6) is 0 Å². The Labute approximate surface area is 119 Å². The fraction of sp³-hybridized carbons (Fsp3) is 0.167. The minimum absolute atomic E-state index is 0.287. The highest BCUT2D eigenvalue weighted by molar-refractivity contribution is 5.84. The quantitative estimate of drug-likeness (QED) is 0.480. The van der Waals surface area contributed by atoms with Crippen LogP contribution in [-0.4, -0.2) is 48.1 Å². The minimum Gasteiger partial charge on any atom is -0.480 e. The molecule has 0 radical (unpaired) electrons.